The van der Waals surface area contributed by atoms with E-state index in [1.54, 1.807) is 13.0 Å². The molecule has 4 rings (SSSR count). The van der Waals surface area contributed by atoms with Crippen LogP contribution in [0.3, 0.4) is 0 Å². The quantitative estimate of drug-likeness (QED) is 0.794. The van der Waals surface area contributed by atoms with Crippen LogP contribution >= 0.6 is 0 Å². The molecule has 1 aromatic carbocycles. The van der Waals surface area contributed by atoms with Crippen LogP contribution < -0.4 is 15.4 Å². The molecule has 2 amide bonds. The Morgan fingerprint density at radius 1 is 1.36 bits per heavy atom. The van der Waals surface area contributed by atoms with Crippen LogP contribution in [-0.4, -0.2) is 29.4 Å². The Morgan fingerprint density at radius 3 is 2.86 bits per heavy atom. The van der Waals surface area contributed by atoms with Crippen molar-refractivity contribution in [2.45, 2.75) is 25.3 Å². The van der Waals surface area contributed by atoms with E-state index >= 15 is 0 Å². The molecule has 28 heavy (non-hydrogen) atoms. The highest BCUT2D eigenvalue weighted by molar-refractivity contribution is 5.99. The standard InChI is InChI=1S/C20H17FN4O3/c1-2-14(26)11-4-5-13(21)17-16-12(9-28-19(11)17)18(16)25-20(27)24-15-6-3-10(7-22)8-23-15/h3-6,8,12,16,18H,2,9H2,1H3,(H2,23,24,25,27). The number of carbonyl (C=O) groups is 2. The minimum atomic E-state index is -0.473. The molecular formula is C20H17FN4O3. The lowest BCUT2D eigenvalue weighted by Gasteiger charge is -2.19. The maximum absolute atomic E-state index is 14.5. The topological polar surface area (TPSA) is 104 Å². The summed E-state index contributed by atoms with van der Waals surface area (Å²) in [5.41, 5.74) is 1.13. The van der Waals surface area contributed by atoms with Crippen molar-refractivity contribution in [2.24, 2.45) is 5.92 Å². The SMILES string of the molecule is CCC(=O)c1ccc(F)c2c1OCC1C(NC(=O)Nc3ccc(C#N)cn3)C21. The molecule has 3 atom stereocenters. The largest absolute Gasteiger partial charge is 0.492 e. The first-order valence-electron chi connectivity index (χ1n) is 8.95. The van der Waals surface area contributed by atoms with Crippen molar-refractivity contribution in [1.82, 2.24) is 10.3 Å². The molecule has 2 aliphatic rings. The number of carbonyl (C=O) groups excluding carboxylic acids is 2. The fourth-order valence-electron chi connectivity index (χ4n) is 3.64. The minimum absolute atomic E-state index is 0.0475. The first-order valence-corrected chi connectivity index (χ1v) is 8.95. The van der Waals surface area contributed by atoms with E-state index in [0.29, 0.717) is 41.3 Å². The molecule has 2 heterocycles. The van der Waals surface area contributed by atoms with Crippen LogP contribution in [0.25, 0.3) is 0 Å². The third kappa shape index (κ3) is 3.05. The van der Waals surface area contributed by atoms with Crippen LogP contribution in [0.4, 0.5) is 15.0 Å². The summed E-state index contributed by atoms with van der Waals surface area (Å²) in [7, 11) is 0. The number of pyridine rings is 1. The van der Waals surface area contributed by atoms with Gasteiger partial charge in [0.05, 0.1) is 17.7 Å². The zero-order chi connectivity index (χ0) is 19.8. The number of ether oxygens (including phenoxy) is 1. The van der Waals surface area contributed by atoms with Crippen LogP contribution in [0, 0.1) is 23.1 Å². The van der Waals surface area contributed by atoms with E-state index in [4.69, 9.17) is 10.00 Å². The molecular weight excluding hydrogens is 363 g/mol. The molecule has 3 unspecified atom stereocenters. The van der Waals surface area contributed by atoms with Gasteiger partial charge in [0, 0.05) is 36.1 Å². The van der Waals surface area contributed by atoms with Gasteiger partial charge in [0.25, 0.3) is 0 Å². The summed E-state index contributed by atoms with van der Waals surface area (Å²) < 4.78 is 20.2. The van der Waals surface area contributed by atoms with Gasteiger partial charge in [-0.1, -0.05) is 6.92 Å². The predicted octanol–water partition coefficient (Wildman–Crippen LogP) is 2.98. The Bertz CT molecular complexity index is 1000. The molecule has 1 saturated carbocycles. The number of aromatic nitrogens is 1. The fourth-order valence-corrected chi connectivity index (χ4v) is 3.64. The van der Waals surface area contributed by atoms with Gasteiger partial charge in [-0.15, -0.1) is 0 Å². The second kappa shape index (κ2) is 6.93. The Kier molecular flexibility index (Phi) is 4.43. The number of urea groups is 1. The van der Waals surface area contributed by atoms with Crippen molar-refractivity contribution in [3.8, 4) is 11.8 Å². The number of anilines is 1. The zero-order valence-electron chi connectivity index (χ0n) is 15.0. The van der Waals surface area contributed by atoms with Gasteiger partial charge < -0.3 is 10.1 Å². The van der Waals surface area contributed by atoms with E-state index in [0.717, 1.165) is 0 Å². The van der Waals surface area contributed by atoms with E-state index < -0.39 is 11.8 Å². The van der Waals surface area contributed by atoms with Crippen LogP contribution in [0.5, 0.6) is 5.75 Å². The number of nitrogens with zero attached hydrogens (tertiary/aromatic N) is 2. The number of nitrogens with one attached hydrogen (secondary N) is 2. The van der Waals surface area contributed by atoms with Gasteiger partial charge in [0.2, 0.25) is 0 Å². The number of nitriles is 1. The third-order valence-corrected chi connectivity index (χ3v) is 5.12. The predicted molar refractivity (Wildman–Crippen MR) is 97.6 cm³/mol. The first kappa shape index (κ1) is 17.9. The van der Waals surface area contributed by atoms with Gasteiger partial charge in [0.15, 0.2) is 5.78 Å². The number of amides is 2. The van der Waals surface area contributed by atoms with Crippen LogP contribution in [0.15, 0.2) is 30.5 Å². The van der Waals surface area contributed by atoms with E-state index in [9.17, 15) is 14.0 Å². The second-order valence-corrected chi connectivity index (χ2v) is 6.78. The molecule has 1 aliphatic carbocycles. The molecule has 0 saturated heterocycles. The highest BCUT2D eigenvalue weighted by atomic mass is 19.1. The van der Waals surface area contributed by atoms with E-state index in [1.165, 1.54) is 24.4 Å². The summed E-state index contributed by atoms with van der Waals surface area (Å²) in [6.07, 6.45) is 1.66. The van der Waals surface area contributed by atoms with Gasteiger partial charge in [-0.25, -0.2) is 14.2 Å². The van der Waals surface area contributed by atoms with Crippen molar-refractivity contribution in [1.29, 1.82) is 5.26 Å². The molecule has 0 spiro atoms. The second-order valence-electron chi connectivity index (χ2n) is 6.78. The van der Waals surface area contributed by atoms with Crippen molar-refractivity contribution in [2.75, 3.05) is 11.9 Å². The molecule has 2 N–H and O–H groups in total. The molecule has 142 valence electrons. The average molecular weight is 380 g/mol. The van der Waals surface area contributed by atoms with Gasteiger partial charge in [-0.3, -0.25) is 10.1 Å². The molecule has 1 fully saturated rings. The van der Waals surface area contributed by atoms with E-state index in [2.05, 4.69) is 15.6 Å². The highest BCUT2D eigenvalue weighted by Crippen LogP contribution is 2.55. The minimum Gasteiger partial charge on any atom is -0.492 e. The van der Waals surface area contributed by atoms with Gasteiger partial charge >= 0.3 is 6.03 Å². The third-order valence-electron chi connectivity index (χ3n) is 5.12. The Labute approximate surface area is 160 Å². The summed E-state index contributed by atoms with van der Waals surface area (Å²) in [5.74, 6) is -0.215. The number of Topliss-reactive ketones (excluding diaryl/α,β-unsaturated/α-hetero) is 1. The van der Waals surface area contributed by atoms with Crippen LogP contribution in [0.2, 0.25) is 0 Å². The highest BCUT2D eigenvalue weighted by Gasteiger charge is 2.57. The summed E-state index contributed by atoms with van der Waals surface area (Å²) >= 11 is 0. The Hall–Kier alpha value is -3.47. The number of rotatable bonds is 4. The molecule has 1 aromatic heterocycles. The van der Waals surface area contributed by atoms with Crippen molar-refractivity contribution in [3.63, 3.8) is 0 Å². The summed E-state index contributed by atoms with van der Waals surface area (Å²) in [6.45, 7) is 2.05. The molecule has 0 radical (unpaired) electrons. The number of ketones is 1. The van der Waals surface area contributed by atoms with Crippen LogP contribution in [-0.2, 0) is 0 Å². The van der Waals surface area contributed by atoms with Crippen LogP contribution in [0.1, 0.15) is 40.7 Å². The maximum atomic E-state index is 14.5. The number of hydrogen-bond acceptors (Lipinski definition) is 5. The Morgan fingerprint density at radius 2 is 2.18 bits per heavy atom. The van der Waals surface area contributed by atoms with Crippen molar-refractivity contribution >= 4 is 17.6 Å². The lowest BCUT2D eigenvalue weighted by atomic mass is 9.98. The van der Waals surface area contributed by atoms with E-state index in [1.807, 2.05) is 6.07 Å². The van der Waals surface area contributed by atoms with Gasteiger partial charge in [-0.2, -0.15) is 5.26 Å². The summed E-state index contributed by atoms with van der Waals surface area (Å²) in [4.78, 5) is 28.4. The summed E-state index contributed by atoms with van der Waals surface area (Å²) in [6, 6.07) is 6.99. The molecule has 1 aliphatic heterocycles. The average Bonchev–Trinajstić information content (AvgIpc) is 3.40. The lowest BCUT2D eigenvalue weighted by Crippen LogP contribution is -2.32. The lowest BCUT2D eigenvalue weighted by molar-refractivity contribution is 0.0983. The molecule has 7 nitrogen and oxygen atoms in total. The van der Waals surface area contributed by atoms with Crippen molar-refractivity contribution in [3.05, 3.63) is 53.0 Å². The summed E-state index contributed by atoms with van der Waals surface area (Å²) in [5, 5.41) is 14.2. The number of benzene rings is 1. The number of halogens is 1. The van der Waals surface area contributed by atoms with Crippen molar-refractivity contribution < 1.29 is 18.7 Å². The van der Waals surface area contributed by atoms with E-state index in [-0.39, 0.29) is 23.7 Å². The zero-order valence-corrected chi connectivity index (χ0v) is 15.0. The molecule has 2 aromatic rings. The normalized spacial score (nSPS) is 21.4. The number of fused-ring (bicyclic) bond motifs is 3. The first-order chi connectivity index (χ1) is 13.5. The monoisotopic (exact) mass is 380 g/mol. The number of hydrogen-bond donors (Lipinski definition) is 2. The fraction of sp³-hybridized carbons (Fsp3) is 0.300. The smallest absolute Gasteiger partial charge is 0.320 e. The Balaban J connectivity index is 1.49. The molecule has 0 bridgehead atoms. The van der Waals surface area contributed by atoms with Gasteiger partial charge in [-0.05, 0) is 24.3 Å². The molecule has 8 heteroatoms. The maximum Gasteiger partial charge on any atom is 0.320 e. The van der Waals surface area contributed by atoms with Gasteiger partial charge in [0.1, 0.15) is 23.5 Å².